The molecule has 2 aromatic heterocycles. The zero-order valence-electron chi connectivity index (χ0n) is 12.0. The van der Waals surface area contributed by atoms with Crippen molar-refractivity contribution in [3.05, 3.63) is 59.1 Å². The Kier molecular flexibility index (Phi) is 4.20. The van der Waals surface area contributed by atoms with Crippen molar-refractivity contribution in [2.24, 2.45) is 0 Å². The molecule has 6 heteroatoms. The van der Waals surface area contributed by atoms with Crippen LogP contribution in [-0.2, 0) is 6.54 Å². The van der Waals surface area contributed by atoms with Crippen molar-refractivity contribution in [3.63, 3.8) is 0 Å². The number of thiophene rings is 1. The van der Waals surface area contributed by atoms with Crippen molar-refractivity contribution in [1.82, 2.24) is 15.5 Å². The first-order valence-electron chi connectivity index (χ1n) is 6.77. The summed E-state index contributed by atoms with van der Waals surface area (Å²) in [6, 6.07) is 13.3. The number of methoxy groups -OCH3 is 1. The van der Waals surface area contributed by atoms with Crippen molar-refractivity contribution in [2.75, 3.05) is 7.11 Å². The van der Waals surface area contributed by atoms with Crippen LogP contribution in [0.5, 0.6) is 5.75 Å². The second kappa shape index (κ2) is 6.44. The molecule has 112 valence electrons. The maximum atomic E-state index is 12.2. The van der Waals surface area contributed by atoms with Gasteiger partial charge < -0.3 is 10.1 Å². The standard InChI is InChI=1S/C16H15N3O2S/c1-21-14-6-3-2-5-11(14)10-17-16(20)13-9-12(18-19-13)15-7-4-8-22-15/h2-9H,10H2,1H3,(H,17,20)(H,18,19). The summed E-state index contributed by atoms with van der Waals surface area (Å²) in [6.07, 6.45) is 0. The largest absolute Gasteiger partial charge is 0.496 e. The van der Waals surface area contributed by atoms with Gasteiger partial charge in [0.1, 0.15) is 5.75 Å². The van der Waals surface area contributed by atoms with E-state index in [-0.39, 0.29) is 5.91 Å². The second-order valence-corrected chi connectivity index (χ2v) is 5.59. The summed E-state index contributed by atoms with van der Waals surface area (Å²) < 4.78 is 5.26. The summed E-state index contributed by atoms with van der Waals surface area (Å²) in [4.78, 5) is 13.2. The Balaban J connectivity index is 1.67. The molecular formula is C16H15N3O2S. The van der Waals surface area contributed by atoms with Crippen molar-refractivity contribution in [1.29, 1.82) is 0 Å². The molecule has 5 nitrogen and oxygen atoms in total. The fourth-order valence-electron chi connectivity index (χ4n) is 2.11. The third kappa shape index (κ3) is 3.01. The van der Waals surface area contributed by atoms with Gasteiger partial charge >= 0.3 is 0 Å². The van der Waals surface area contributed by atoms with Gasteiger partial charge in [-0.05, 0) is 23.6 Å². The smallest absolute Gasteiger partial charge is 0.272 e. The van der Waals surface area contributed by atoms with E-state index >= 15 is 0 Å². The number of nitrogens with one attached hydrogen (secondary N) is 2. The molecule has 2 N–H and O–H groups in total. The number of carbonyl (C=O) groups is 1. The summed E-state index contributed by atoms with van der Waals surface area (Å²) in [6.45, 7) is 0.393. The predicted octanol–water partition coefficient (Wildman–Crippen LogP) is 3.08. The van der Waals surface area contributed by atoms with Crippen molar-refractivity contribution >= 4 is 17.2 Å². The number of nitrogens with zero attached hydrogens (tertiary/aromatic N) is 1. The normalized spacial score (nSPS) is 10.4. The zero-order chi connectivity index (χ0) is 15.4. The maximum absolute atomic E-state index is 12.2. The van der Waals surface area contributed by atoms with E-state index in [2.05, 4.69) is 15.5 Å². The van der Waals surface area contributed by atoms with Crippen LogP contribution in [0.15, 0.2) is 47.8 Å². The summed E-state index contributed by atoms with van der Waals surface area (Å²) in [5, 5.41) is 11.8. The molecule has 0 unspecified atom stereocenters. The van der Waals surface area contributed by atoms with Crippen LogP contribution in [0, 0.1) is 0 Å². The van der Waals surface area contributed by atoms with Crippen molar-refractivity contribution in [3.8, 4) is 16.3 Å². The first-order valence-corrected chi connectivity index (χ1v) is 7.65. The molecule has 3 aromatic rings. The van der Waals surface area contributed by atoms with E-state index in [0.717, 1.165) is 21.9 Å². The minimum atomic E-state index is -0.218. The van der Waals surface area contributed by atoms with Gasteiger partial charge in [0.05, 0.1) is 17.7 Å². The van der Waals surface area contributed by atoms with Gasteiger partial charge in [-0.1, -0.05) is 24.3 Å². The number of aromatic nitrogens is 2. The summed E-state index contributed by atoms with van der Waals surface area (Å²) in [7, 11) is 1.61. The SMILES string of the molecule is COc1ccccc1CNC(=O)c1cc(-c2cccs2)[nH]n1. The molecule has 0 aliphatic heterocycles. The molecule has 0 fully saturated rings. The van der Waals surface area contributed by atoms with Gasteiger partial charge in [0.25, 0.3) is 5.91 Å². The molecule has 0 aliphatic rings. The van der Waals surface area contributed by atoms with Gasteiger partial charge in [0, 0.05) is 12.1 Å². The number of amides is 1. The molecule has 0 spiro atoms. The van der Waals surface area contributed by atoms with Crippen LogP contribution in [0.3, 0.4) is 0 Å². The Labute approximate surface area is 132 Å². The highest BCUT2D eigenvalue weighted by Gasteiger charge is 2.12. The lowest BCUT2D eigenvalue weighted by Crippen LogP contribution is -2.23. The Morgan fingerprint density at radius 2 is 2.18 bits per heavy atom. The van der Waals surface area contributed by atoms with Crippen LogP contribution in [0.4, 0.5) is 0 Å². The van der Waals surface area contributed by atoms with Crippen LogP contribution < -0.4 is 10.1 Å². The van der Waals surface area contributed by atoms with E-state index in [9.17, 15) is 4.79 Å². The number of para-hydroxylation sites is 1. The predicted molar refractivity (Wildman–Crippen MR) is 86.1 cm³/mol. The second-order valence-electron chi connectivity index (χ2n) is 4.64. The van der Waals surface area contributed by atoms with Crippen LogP contribution in [-0.4, -0.2) is 23.2 Å². The fourth-order valence-corrected chi connectivity index (χ4v) is 2.80. The molecule has 0 aliphatic carbocycles. The molecule has 1 aromatic carbocycles. The minimum Gasteiger partial charge on any atom is -0.496 e. The molecule has 0 saturated carbocycles. The average molecular weight is 313 g/mol. The molecule has 3 rings (SSSR count). The number of aromatic amines is 1. The van der Waals surface area contributed by atoms with E-state index in [1.165, 1.54) is 0 Å². The summed E-state index contributed by atoms with van der Waals surface area (Å²) >= 11 is 1.60. The van der Waals surface area contributed by atoms with Gasteiger partial charge in [-0.2, -0.15) is 5.10 Å². The highest BCUT2D eigenvalue weighted by molar-refractivity contribution is 7.13. The van der Waals surface area contributed by atoms with Gasteiger partial charge in [0.2, 0.25) is 0 Å². The van der Waals surface area contributed by atoms with Crippen molar-refractivity contribution in [2.45, 2.75) is 6.54 Å². The minimum absolute atomic E-state index is 0.218. The fraction of sp³-hybridized carbons (Fsp3) is 0.125. The Morgan fingerprint density at radius 1 is 1.32 bits per heavy atom. The van der Waals surface area contributed by atoms with Crippen molar-refractivity contribution < 1.29 is 9.53 Å². The van der Waals surface area contributed by atoms with E-state index in [0.29, 0.717) is 12.2 Å². The third-order valence-corrected chi connectivity index (χ3v) is 4.13. The van der Waals surface area contributed by atoms with Crippen LogP contribution >= 0.6 is 11.3 Å². The Hall–Kier alpha value is -2.60. The number of benzene rings is 1. The number of ether oxygens (including phenoxy) is 1. The third-order valence-electron chi connectivity index (χ3n) is 3.23. The Morgan fingerprint density at radius 3 is 2.95 bits per heavy atom. The quantitative estimate of drug-likeness (QED) is 0.760. The number of hydrogen-bond acceptors (Lipinski definition) is 4. The molecule has 0 atom stereocenters. The maximum Gasteiger partial charge on any atom is 0.272 e. The zero-order valence-corrected chi connectivity index (χ0v) is 12.8. The van der Waals surface area contributed by atoms with Gasteiger partial charge in [-0.25, -0.2) is 0 Å². The first-order chi connectivity index (χ1) is 10.8. The topological polar surface area (TPSA) is 67.0 Å². The van der Waals surface area contributed by atoms with Crippen LogP contribution in [0.25, 0.3) is 10.6 Å². The lowest BCUT2D eigenvalue weighted by molar-refractivity contribution is 0.0945. The van der Waals surface area contributed by atoms with Crippen LogP contribution in [0.2, 0.25) is 0 Å². The van der Waals surface area contributed by atoms with Gasteiger partial charge in [0.15, 0.2) is 5.69 Å². The number of rotatable bonds is 5. The summed E-state index contributed by atoms with van der Waals surface area (Å²) in [5.41, 5.74) is 2.14. The summed E-state index contributed by atoms with van der Waals surface area (Å²) in [5.74, 6) is 0.536. The van der Waals surface area contributed by atoms with E-state index in [1.54, 1.807) is 24.5 Å². The molecular weight excluding hydrogens is 298 g/mol. The molecule has 0 bridgehead atoms. The number of carbonyl (C=O) groups excluding carboxylic acids is 1. The molecule has 22 heavy (non-hydrogen) atoms. The lowest BCUT2D eigenvalue weighted by atomic mass is 10.2. The molecule has 0 saturated heterocycles. The van der Waals surface area contributed by atoms with Gasteiger partial charge in [-0.15, -0.1) is 11.3 Å². The van der Waals surface area contributed by atoms with Crippen LogP contribution in [0.1, 0.15) is 16.1 Å². The highest BCUT2D eigenvalue weighted by atomic mass is 32.1. The first kappa shape index (κ1) is 14.3. The lowest BCUT2D eigenvalue weighted by Gasteiger charge is -2.08. The van der Waals surface area contributed by atoms with E-state index in [1.807, 2.05) is 41.8 Å². The van der Waals surface area contributed by atoms with E-state index < -0.39 is 0 Å². The monoisotopic (exact) mass is 313 g/mol. The number of hydrogen-bond donors (Lipinski definition) is 2. The highest BCUT2D eigenvalue weighted by Crippen LogP contribution is 2.23. The van der Waals surface area contributed by atoms with Gasteiger partial charge in [-0.3, -0.25) is 9.89 Å². The Bertz CT molecular complexity index is 765. The molecule has 0 radical (unpaired) electrons. The number of H-pyrrole nitrogens is 1. The molecule has 2 heterocycles. The molecule has 1 amide bonds. The average Bonchev–Trinajstić information content (AvgIpc) is 3.23. The van der Waals surface area contributed by atoms with E-state index in [4.69, 9.17) is 4.74 Å².